The minimum atomic E-state index is 0.147. The van der Waals surface area contributed by atoms with E-state index in [-0.39, 0.29) is 21.7 Å². The Kier molecular flexibility index (Phi) is 5.27. The fraction of sp³-hybridized carbons (Fsp3) is 0.568. The Labute approximate surface area is 226 Å². The van der Waals surface area contributed by atoms with Gasteiger partial charge in [0.2, 0.25) is 0 Å². The van der Waals surface area contributed by atoms with Crippen molar-refractivity contribution in [3.8, 4) is 11.1 Å². The molecule has 3 atom stereocenters. The monoisotopic (exact) mass is 492 g/mol. The van der Waals surface area contributed by atoms with Gasteiger partial charge < -0.3 is 0 Å². The van der Waals surface area contributed by atoms with Crippen LogP contribution in [0.1, 0.15) is 123 Å². The van der Waals surface area contributed by atoms with Crippen molar-refractivity contribution in [2.75, 3.05) is 0 Å². The van der Waals surface area contributed by atoms with Gasteiger partial charge in [0.25, 0.3) is 0 Å². The number of allylic oxidation sites excluding steroid dienone is 4. The molecule has 1 saturated carbocycles. The molecule has 0 N–H and O–H groups in total. The molecule has 0 nitrogen and oxygen atoms in total. The molecule has 0 bridgehead atoms. The second-order valence-corrected chi connectivity index (χ2v) is 16.0. The molecule has 4 aliphatic rings. The molecule has 0 aliphatic heterocycles. The minimum Gasteiger partial charge on any atom is -0.0605 e. The van der Waals surface area contributed by atoms with E-state index in [1.807, 2.05) is 5.57 Å². The van der Waals surface area contributed by atoms with E-state index in [0.29, 0.717) is 5.92 Å². The van der Waals surface area contributed by atoms with Crippen molar-refractivity contribution in [2.24, 2.45) is 22.7 Å². The van der Waals surface area contributed by atoms with Gasteiger partial charge in [-0.2, -0.15) is 0 Å². The molecule has 0 amide bonds. The predicted octanol–water partition coefficient (Wildman–Crippen LogP) is 10.5. The van der Waals surface area contributed by atoms with Crippen LogP contribution < -0.4 is 0 Å². The van der Waals surface area contributed by atoms with E-state index in [1.165, 1.54) is 47.9 Å². The maximum absolute atomic E-state index is 2.69. The summed E-state index contributed by atoms with van der Waals surface area (Å²) >= 11 is 0. The molecule has 0 aromatic heterocycles. The first kappa shape index (κ1) is 25.2. The Balaban J connectivity index is 1.62. The lowest BCUT2D eigenvalue weighted by molar-refractivity contribution is 0.210. The number of rotatable bonds is 1. The third-order valence-electron chi connectivity index (χ3n) is 10.7. The van der Waals surface area contributed by atoms with Crippen LogP contribution in [0, 0.1) is 22.7 Å². The summed E-state index contributed by atoms with van der Waals surface area (Å²) in [5, 5.41) is 0. The number of fused-ring (bicyclic) bond motifs is 5. The topological polar surface area (TPSA) is 0 Å². The molecule has 0 spiro atoms. The summed E-state index contributed by atoms with van der Waals surface area (Å²) in [4.78, 5) is 0. The Hall–Kier alpha value is -2.08. The summed E-state index contributed by atoms with van der Waals surface area (Å²) in [6.45, 7) is 24.1. The smallest absolute Gasteiger partial charge is 0.0199 e. The zero-order valence-corrected chi connectivity index (χ0v) is 25.1. The molecule has 4 aliphatic carbocycles. The van der Waals surface area contributed by atoms with Crippen molar-refractivity contribution >= 4 is 0 Å². The van der Waals surface area contributed by atoms with Crippen LogP contribution in [0.3, 0.4) is 0 Å². The normalized spacial score (nSPS) is 27.4. The van der Waals surface area contributed by atoms with Crippen LogP contribution in [-0.4, -0.2) is 0 Å². The molecule has 2 aromatic rings. The van der Waals surface area contributed by atoms with Crippen LogP contribution in [0.25, 0.3) is 11.1 Å². The highest BCUT2D eigenvalue weighted by Gasteiger charge is 2.58. The summed E-state index contributed by atoms with van der Waals surface area (Å²) in [6, 6.07) is 14.9. The average molecular weight is 493 g/mol. The Morgan fingerprint density at radius 1 is 0.703 bits per heavy atom. The first-order valence-electron chi connectivity index (χ1n) is 14.9. The van der Waals surface area contributed by atoms with Crippen molar-refractivity contribution in [1.82, 2.24) is 0 Å². The van der Waals surface area contributed by atoms with Crippen molar-refractivity contribution in [1.29, 1.82) is 0 Å². The van der Waals surface area contributed by atoms with Gasteiger partial charge in [0, 0.05) is 11.3 Å². The van der Waals surface area contributed by atoms with Gasteiger partial charge in [-0.3, -0.25) is 0 Å². The number of hydrogen-bond acceptors (Lipinski definition) is 0. The lowest BCUT2D eigenvalue weighted by Crippen LogP contribution is -2.33. The second kappa shape index (κ2) is 7.74. The van der Waals surface area contributed by atoms with E-state index in [2.05, 4.69) is 112 Å². The molecular formula is C37H48. The van der Waals surface area contributed by atoms with Crippen LogP contribution in [0.5, 0.6) is 0 Å². The van der Waals surface area contributed by atoms with Gasteiger partial charge in [0.15, 0.2) is 0 Å². The molecule has 2 aromatic carbocycles. The van der Waals surface area contributed by atoms with Crippen LogP contribution in [0.4, 0.5) is 0 Å². The Morgan fingerprint density at radius 2 is 1.24 bits per heavy atom. The molecule has 6 rings (SSSR count). The highest BCUT2D eigenvalue weighted by atomic mass is 14.6. The molecule has 196 valence electrons. The molecule has 0 heteroatoms. The van der Waals surface area contributed by atoms with E-state index >= 15 is 0 Å². The molecule has 1 fully saturated rings. The zero-order valence-electron chi connectivity index (χ0n) is 25.1. The van der Waals surface area contributed by atoms with E-state index in [1.54, 1.807) is 22.3 Å². The maximum Gasteiger partial charge on any atom is 0.0199 e. The first-order chi connectivity index (χ1) is 17.1. The molecule has 0 heterocycles. The Morgan fingerprint density at radius 3 is 1.73 bits per heavy atom. The minimum absolute atomic E-state index is 0.147. The fourth-order valence-corrected chi connectivity index (χ4v) is 8.44. The number of benzene rings is 2. The largest absolute Gasteiger partial charge is 0.0605 e. The van der Waals surface area contributed by atoms with Gasteiger partial charge in [-0.15, -0.1) is 0 Å². The lowest BCUT2D eigenvalue weighted by Gasteiger charge is -2.42. The fourth-order valence-electron chi connectivity index (χ4n) is 8.44. The molecule has 37 heavy (non-hydrogen) atoms. The number of hydrogen-bond donors (Lipinski definition) is 0. The van der Waals surface area contributed by atoms with Gasteiger partial charge >= 0.3 is 0 Å². The third kappa shape index (κ3) is 3.60. The highest BCUT2D eigenvalue weighted by molar-refractivity contribution is 5.81. The lowest BCUT2D eigenvalue weighted by atomic mass is 9.61. The van der Waals surface area contributed by atoms with E-state index < -0.39 is 0 Å². The summed E-state index contributed by atoms with van der Waals surface area (Å²) in [7, 11) is 0. The van der Waals surface area contributed by atoms with Crippen LogP contribution in [0.15, 0.2) is 59.2 Å². The van der Waals surface area contributed by atoms with Gasteiger partial charge in [-0.1, -0.05) is 129 Å². The predicted molar refractivity (Wildman–Crippen MR) is 159 cm³/mol. The van der Waals surface area contributed by atoms with Crippen molar-refractivity contribution in [2.45, 2.75) is 112 Å². The quantitative estimate of drug-likeness (QED) is 0.371. The summed E-state index contributed by atoms with van der Waals surface area (Å²) < 4.78 is 0. The summed E-state index contributed by atoms with van der Waals surface area (Å²) in [5.74, 6) is 1.96. The van der Waals surface area contributed by atoms with E-state index in [4.69, 9.17) is 0 Å². The van der Waals surface area contributed by atoms with E-state index in [9.17, 15) is 0 Å². The summed E-state index contributed by atoms with van der Waals surface area (Å²) in [6.07, 6.45) is 8.06. The summed E-state index contributed by atoms with van der Waals surface area (Å²) in [5.41, 5.74) is 14.9. The standard InChI is InChI=1S/C37H48/c1-34(2,3)22-14-16-25-26-17-15-23(35(4,5)6)19-30(26)33(29(25)18-22)37(10)31-13-11-12-27(31)28-20-24(21-32(28)37)36(7,8)9/h14-19,21,27,31,33H,11-13,20H2,1-10H3. The van der Waals surface area contributed by atoms with Gasteiger partial charge in [0.05, 0.1) is 0 Å². The second-order valence-electron chi connectivity index (χ2n) is 16.0. The highest BCUT2D eigenvalue weighted by Crippen LogP contribution is 2.70. The molecule has 3 unspecified atom stereocenters. The SMILES string of the molecule is CC(C)(C)C1=CC2=C(C1)C1CCCC1C2(C)C1c2cc(C(C)(C)C)ccc2-c2ccc(C(C)(C)C)cc21. The van der Waals surface area contributed by atoms with Crippen LogP contribution >= 0.6 is 0 Å². The Bertz CT molecular complexity index is 1280. The van der Waals surface area contributed by atoms with Gasteiger partial charge in [-0.05, 0) is 86.3 Å². The van der Waals surface area contributed by atoms with E-state index in [0.717, 1.165) is 11.8 Å². The van der Waals surface area contributed by atoms with Crippen LogP contribution in [0.2, 0.25) is 0 Å². The molecule has 0 saturated heterocycles. The van der Waals surface area contributed by atoms with Gasteiger partial charge in [-0.25, -0.2) is 0 Å². The van der Waals surface area contributed by atoms with Crippen molar-refractivity contribution in [3.05, 3.63) is 81.4 Å². The maximum atomic E-state index is 2.69. The third-order valence-corrected chi connectivity index (χ3v) is 10.7. The average Bonchev–Trinajstić information content (AvgIpc) is 3.53. The molecular weight excluding hydrogens is 444 g/mol. The first-order valence-corrected chi connectivity index (χ1v) is 14.9. The van der Waals surface area contributed by atoms with Crippen LogP contribution in [-0.2, 0) is 10.8 Å². The van der Waals surface area contributed by atoms with Crippen molar-refractivity contribution in [3.63, 3.8) is 0 Å². The van der Waals surface area contributed by atoms with Gasteiger partial charge in [0.1, 0.15) is 0 Å². The van der Waals surface area contributed by atoms with Crippen molar-refractivity contribution < 1.29 is 0 Å². The molecule has 0 radical (unpaired) electrons. The zero-order chi connectivity index (χ0) is 26.7.